The molecule has 1 saturated carbocycles. The fourth-order valence-electron chi connectivity index (χ4n) is 2.77. The summed E-state index contributed by atoms with van der Waals surface area (Å²) in [5, 5.41) is 14.3. The Morgan fingerprint density at radius 3 is 2.65 bits per heavy atom. The van der Waals surface area contributed by atoms with Gasteiger partial charge in [0.25, 0.3) is 0 Å². The average Bonchev–Trinajstić information content (AvgIpc) is 2.99. The number of amides is 1. The van der Waals surface area contributed by atoms with Gasteiger partial charge in [-0.15, -0.1) is 11.3 Å². The first kappa shape index (κ1) is 15.0. The lowest BCUT2D eigenvalue weighted by molar-refractivity contribution is -0.151. The van der Waals surface area contributed by atoms with Crippen LogP contribution in [-0.4, -0.2) is 23.5 Å². The fourth-order valence-corrected chi connectivity index (χ4v) is 3.55. The monoisotopic (exact) mass is 295 g/mol. The minimum absolute atomic E-state index is 0.0846. The van der Waals surface area contributed by atoms with E-state index in [1.807, 2.05) is 24.4 Å². The lowest BCUT2D eigenvalue weighted by Crippen LogP contribution is -2.45. The predicted molar refractivity (Wildman–Crippen MR) is 78.9 cm³/mol. The van der Waals surface area contributed by atoms with Crippen LogP contribution in [0.5, 0.6) is 0 Å². The van der Waals surface area contributed by atoms with Crippen LogP contribution in [0, 0.1) is 5.41 Å². The van der Waals surface area contributed by atoms with Gasteiger partial charge in [-0.05, 0) is 31.2 Å². The van der Waals surface area contributed by atoms with Crippen LogP contribution >= 0.6 is 11.3 Å². The molecular formula is C15H21NO3S. The molecule has 4 nitrogen and oxygen atoms in total. The van der Waals surface area contributed by atoms with E-state index in [1.165, 1.54) is 0 Å². The van der Waals surface area contributed by atoms with Gasteiger partial charge in [0.2, 0.25) is 5.91 Å². The van der Waals surface area contributed by atoms with E-state index in [4.69, 9.17) is 0 Å². The zero-order chi connectivity index (χ0) is 14.6. The molecule has 1 unspecified atom stereocenters. The highest BCUT2D eigenvalue weighted by molar-refractivity contribution is 7.10. The van der Waals surface area contributed by atoms with E-state index in [1.54, 1.807) is 11.3 Å². The number of hydrogen-bond donors (Lipinski definition) is 2. The van der Waals surface area contributed by atoms with Crippen molar-refractivity contribution >= 4 is 23.2 Å². The molecule has 110 valence electrons. The summed E-state index contributed by atoms with van der Waals surface area (Å²) in [6.45, 7) is 2.10. The first-order chi connectivity index (χ1) is 9.55. The van der Waals surface area contributed by atoms with Crippen LogP contribution in [0.25, 0.3) is 0 Å². The maximum Gasteiger partial charge on any atom is 0.311 e. The van der Waals surface area contributed by atoms with Crippen LogP contribution < -0.4 is 5.32 Å². The van der Waals surface area contributed by atoms with E-state index in [-0.39, 0.29) is 18.4 Å². The molecule has 0 saturated heterocycles. The number of rotatable bonds is 5. The van der Waals surface area contributed by atoms with E-state index in [0.717, 1.165) is 24.1 Å². The van der Waals surface area contributed by atoms with E-state index < -0.39 is 11.4 Å². The number of carbonyl (C=O) groups excluding carboxylic acids is 1. The van der Waals surface area contributed by atoms with Gasteiger partial charge in [-0.2, -0.15) is 0 Å². The van der Waals surface area contributed by atoms with E-state index >= 15 is 0 Å². The molecule has 1 heterocycles. The number of nitrogens with one attached hydrogen (secondary N) is 1. The van der Waals surface area contributed by atoms with Gasteiger partial charge in [0.05, 0.1) is 11.3 Å². The molecule has 1 aliphatic carbocycles. The molecule has 0 aliphatic heterocycles. The van der Waals surface area contributed by atoms with Crippen LogP contribution in [0.15, 0.2) is 17.5 Å². The predicted octanol–water partition coefficient (Wildman–Crippen LogP) is 3.00. The Hall–Kier alpha value is -1.36. The van der Waals surface area contributed by atoms with Gasteiger partial charge in [-0.25, -0.2) is 0 Å². The highest BCUT2D eigenvalue weighted by Gasteiger charge is 2.40. The second-order valence-electron chi connectivity index (χ2n) is 5.60. The first-order valence-corrected chi connectivity index (χ1v) is 7.98. The third-order valence-corrected chi connectivity index (χ3v) is 5.28. The fraction of sp³-hybridized carbons (Fsp3) is 0.600. The highest BCUT2D eigenvalue weighted by atomic mass is 32.1. The average molecular weight is 295 g/mol. The minimum Gasteiger partial charge on any atom is -0.481 e. The summed E-state index contributed by atoms with van der Waals surface area (Å²) < 4.78 is 0. The number of carboxylic acids is 1. The van der Waals surface area contributed by atoms with Crippen molar-refractivity contribution in [3.05, 3.63) is 22.4 Å². The third-order valence-electron chi connectivity index (χ3n) is 4.23. The second kappa shape index (κ2) is 6.39. The summed E-state index contributed by atoms with van der Waals surface area (Å²) in [6, 6.07) is 3.85. The van der Waals surface area contributed by atoms with Crippen molar-refractivity contribution in [3.8, 4) is 0 Å². The molecule has 0 aromatic carbocycles. The number of aliphatic carboxylic acids is 1. The van der Waals surface area contributed by atoms with Crippen molar-refractivity contribution in [2.45, 2.75) is 44.9 Å². The van der Waals surface area contributed by atoms with Crippen molar-refractivity contribution < 1.29 is 14.7 Å². The topological polar surface area (TPSA) is 66.4 Å². The van der Waals surface area contributed by atoms with Crippen molar-refractivity contribution in [3.63, 3.8) is 0 Å². The molecule has 1 aliphatic rings. The molecule has 1 fully saturated rings. The molecule has 2 N–H and O–H groups in total. The Bertz CT molecular complexity index is 463. The largest absolute Gasteiger partial charge is 0.481 e. The molecule has 0 spiro atoms. The second-order valence-corrected chi connectivity index (χ2v) is 6.58. The Balaban J connectivity index is 1.95. The van der Waals surface area contributed by atoms with Gasteiger partial charge < -0.3 is 10.4 Å². The highest BCUT2D eigenvalue weighted by Crippen LogP contribution is 2.36. The smallest absolute Gasteiger partial charge is 0.311 e. The lowest BCUT2D eigenvalue weighted by atomic mass is 9.74. The summed E-state index contributed by atoms with van der Waals surface area (Å²) in [5.41, 5.74) is -0.761. The molecular weight excluding hydrogens is 274 g/mol. The molecule has 0 bridgehead atoms. The van der Waals surface area contributed by atoms with Gasteiger partial charge in [-0.3, -0.25) is 9.59 Å². The van der Waals surface area contributed by atoms with Gasteiger partial charge in [0.15, 0.2) is 0 Å². The van der Waals surface area contributed by atoms with E-state index in [9.17, 15) is 14.7 Å². The van der Waals surface area contributed by atoms with E-state index in [2.05, 4.69) is 5.32 Å². The van der Waals surface area contributed by atoms with Crippen molar-refractivity contribution in [1.29, 1.82) is 0 Å². The molecule has 1 amide bonds. The molecule has 1 aromatic heterocycles. The molecule has 5 heteroatoms. The molecule has 20 heavy (non-hydrogen) atoms. The quantitative estimate of drug-likeness (QED) is 0.877. The van der Waals surface area contributed by atoms with Crippen LogP contribution in [0.3, 0.4) is 0 Å². The van der Waals surface area contributed by atoms with Gasteiger partial charge in [0, 0.05) is 11.4 Å². The van der Waals surface area contributed by atoms with Crippen molar-refractivity contribution in [1.82, 2.24) is 5.32 Å². The standard InChI is InChI=1S/C15H21NO3S/c1-11(12-6-5-9-20-12)13(17)16-10-15(14(18)19)7-3-2-4-8-15/h5-6,9,11H,2-4,7-8,10H2,1H3,(H,16,17)(H,18,19). The summed E-state index contributed by atoms with van der Waals surface area (Å²) >= 11 is 1.55. The van der Waals surface area contributed by atoms with Gasteiger partial charge in [-0.1, -0.05) is 25.3 Å². The van der Waals surface area contributed by atoms with Gasteiger partial charge >= 0.3 is 5.97 Å². The first-order valence-electron chi connectivity index (χ1n) is 7.10. The number of thiophene rings is 1. The van der Waals surface area contributed by atoms with Crippen LogP contribution in [0.1, 0.15) is 49.8 Å². The maximum atomic E-state index is 12.2. The summed E-state index contributed by atoms with van der Waals surface area (Å²) in [4.78, 5) is 24.7. The molecule has 2 rings (SSSR count). The van der Waals surface area contributed by atoms with Gasteiger partial charge in [0.1, 0.15) is 0 Å². The van der Waals surface area contributed by atoms with Crippen LogP contribution in [0.2, 0.25) is 0 Å². The lowest BCUT2D eigenvalue weighted by Gasteiger charge is -2.33. The minimum atomic E-state index is -0.777. The Kier molecular flexibility index (Phi) is 4.81. The SMILES string of the molecule is CC(C(=O)NCC1(C(=O)O)CCCCC1)c1cccs1. The zero-order valence-corrected chi connectivity index (χ0v) is 12.5. The Morgan fingerprint density at radius 1 is 1.40 bits per heavy atom. The summed E-state index contributed by atoms with van der Waals surface area (Å²) in [5.74, 6) is -1.08. The Morgan fingerprint density at radius 2 is 2.10 bits per heavy atom. The number of carboxylic acid groups (broad SMARTS) is 1. The molecule has 1 aromatic rings. The summed E-state index contributed by atoms with van der Waals surface area (Å²) in [6.07, 6.45) is 4.28. The maximum absolute atomic E-state index is 12.2. The van der Waals surface area contributed by atoms with Crippen LogP contribution in [0.4, 0.5) is 0 Å². The summed E-state index contributed by atoms with van der Waals surface area (Å²) in [7, 11) is 0. The number of hydrogen-bond acceptors (Lipinski definition) is 3. The van der Waals surface area contributed by atoms with E-state index in [0.29, 0.717) is 12.8 Å². The third kappa shape index (κ3) is 3.20. The number of carbonyl (C=O) groups is 2. The zero-order valence-electron chi connectivity index (χ0n) is 11.7. The van der Waals surface area contributed by atoms with Crippen LogP contribution in [-0.2, 0) is 9.59 Å². The normalized spacial score (nSPS) is 19.2. The van der Waals surface area contributed by atoms with Crippen molar-refractivity contribution in [2.75, 3.05) is 6.54 Å². The van der Waals surface area contributed by atoms with Crippen molar-refractivity contribution in [2.24, 2.45) is 5.41 Å². The Labute approximate surface area is 123 Å². The molecule has 1 atom stereocenters. The molecule has 0 radical (unpaired) electrons.